The first-order valence-electron chi connectivity index (χ1n) is 8.46. The van der Waals surface area contributed by atoms with Gasteiger partial charge in [-0.25, -0.2) is 8.78 Å². The Labute approximate surface area is 158 Å². The van der Waals surface area contributed by atoms with E-state index < -0.39 is 17.6 Å². The molecule has 1 aliphatic carbocycles. The van der Waals surface area contributed by atoms with Gasteiger partial charge < -0.3 is 5.73 Å². The van der Waals surface area contributed by atoms with Gasteiger partial charge in [0.25, 0.3) is 0 Å². The van der Waals surface area contributed by atoms with E-state index in [9.17, 15) is 18.8 Å². The van der Waals surface area contributed by atoms with Crippen LogP contribution >= 0.6 is 11.3 Å². The molecule has 136 valence electrons. The van der Waals surface area contributed by atoms with E-state index in [4.69, 9.17) is 5.73 Å². The first-order chi connectivity index (χ1) is 13.0. The summed E-state index contributed by atoms with van der Waals surface area (Å²) in [5.41, 5.74) is 7.71. The minimum atomic E-state index is -0.797. The van der Waals surface area contributed by atoms with Gasteiger partial charge in [-0.3, -0.25) is 9.69 Å². The third-order valence-corrected chi connectivity index (χ3v) is 5.65. The Morgan fingerprint density at radius 2 is 1.96 bits per heavy atom. The second kappa shape index (κ2) is 6.63. The van der Waals surface area contributed by atoms with Gasteiger partial charge in [0.15, 0.2) is 5.78 Å². The summed E-state index contributed by atoms with van der Waals surface area (Å²) in [6.07, 6.45) is 1.36. The lowest BCUT2D eigenvalue weighted by atomic mass is 9.76. The summed E-state index contributed by atoms with van der Waals surface area (Å²) in [4.78, 5) is 14.0. The van der Waals surface area contributed by atoms with E-state index in [1.54, 1.807) is 0 Å². The molecule has 2 aliphatic rings. The molecule has 2 N–H and O–H groups in total. The maximum Gasteiger partial charge on any atom is 0.161 e. The number of anilines is 1. The highest BCUT2D eigenvalue weighted by Crippen LogP contribution is 2.47. The van der Waals surface area contributed by atoms with Crippen LogP contribution in [0.4, 0.5) is 14.5 Å². The number of allylic oxidation sites excluding steroid dienone is 3. The Bertz CT molecular complexity index is 1010. The molecule has 2 aromatic rings. The first-order valence-corrected chi connectivity index (χ1v) is 9.41. The zero-order valence-electron chi connectivity index (χ0n) is 14.2. The Morgan fingerprint density at radius 1 is 1.22 bits per heavy atom. The number of benzene rings is 1. The highest BCUT2D eigenvalue weighted by atomic mass is 32.1. The molecule has 1 aromatic carbocycles. The molecule has 0 fully saturated rings. The van der Waals surface area contributed by atoms with Crippen LogP contribution in [0.15, 0.2) is 57.7 Å². The van der Waals surface area contributed by atoms with Crippen LogP contribution in [0, 0.1) is 23.0 Å². The summed E-state index contributed by atoms with van der Waals surface area (Å²) in [7, 11) is 0. The molecule has 1 atom stereocenters. The summed E-state index contributed by atoms with van der Waals surface area (Å²) >= 11 is 1.45. The molecule has 7 heteroatoms. The minimum absolute atomic E-state index is 0.0360. The van der Waals surface area contributed by atoms with Crippen molar-refractivity contribution in [3.05, 3.63) is 74.9 Å². The van der Waals surface area contributed by atoms with Crippen LogP contribution in [0.2, 0.25) is 0 Å². The molecular weight excluding hydrogens is 368 g/mol. The van der Waals surface area contributed by atoms with Crippen LogP contribution in [0.3, 0.4) is 0 Å². The number of thiophene rings is 1. The van der Waals surface area contributed by atoms with Crippen molar-refractivity contribution in [2.24, 2.45) is 5.73 Å². The molecule has 0 spiro atoms. The van der Waals surface area contributed by atoms with Gasteiger partial charge in [-0.2, -0.15) is 16.6 Å². The van der Waals surface area contributed by atoms with Crippen LogP contribution in [0.1, 0.15) is 30.7 Å². The van der Waals surface area contributed by atoms with Crippen LogP contribution in [0.25, 0.3) is 0 Å². The molecule has 1 aromatic heterocycles. The summed E-state index contributed by atoms with van der Waals surface area (Å²) in [6, 6.07) is 7.44. The van der Waals surface area contributed by atoms with Crippen molar-refractivity contribution in [1.29, 1.82) is 5.26 Å². The van der Waals surface area contributed by atoms with Crippen molar-refractivity contribution in [3.63, 3.8) is 0 Å². The number of hydrogen-bond acceptors (Lipinski definition) is 5. The fourth-order valence-electron chi connectivity index (χ4n) is 3.82. The molecule has 0 saturated carbocycles. The second-order valence-corrected chi connectivity index (χ2v) is 7.22. The molecule has 4 rings (SSSR count). The number of para-hydroxylation sites is 1. The van der Waals surface area contributed by atoms with Crippen molar-refractivity contribution in [1.82, 2.24) is 0 Å². The number of nitrogens with two attached hydrogens (primary N) is 1. The predicted molar refractivity (Wildman–Crippen MR) is 98.6 cm³/mol. The molecule has 0 radical (unpaired) electrons. The molecular formula is C20H15F2N3OS. The summed E-state index contributed by atoms with van der Waals surface area (Å²) in [5.74, 6) is -2.35. The Morgan fingerprint density at radius 3 is 2.59 bits per heavy atom. The molecule has 0 unspecified atom stereocenters. The number of Topliss-reactive ketones (excluding diaryl/α,β-unsaturated/α-hetero) is 1. The Kier molecular flexibility index (Phi) is 4.28. The fraction of sp³-hybridized carbons (Fsp3) is 0.200. The third kappa shape index (κ3) is 2.64. The van der Waals surface area contributed by atoms with Gasteiger partial charge in [0.1, 0.15) is 23.1 Å². The topological polar surface area (TPSA) is 70.1 Å². The zero-order valence-corrected chi connectivity index (χ0v) is 15.0. The molecule has 1 aliphatic heterocycles. The molecule has 27 heavy (non-hydrogen) atoms. The number of carbonyl (C=O) groups excluding carboxylic acids is 1. The first kappa shape index (κ1) is 17.4. The van der Waals surface area contributed by atoms with Crippen molar-refractivity contribution in [3.8, 4) is 6.07 Å². The van der Waals surface area contributed by atoms with E-state index in [1.807, 2.05) is 16.8 Å². The van der Waals surface area contributed by atoms with Gasteiger partial charge in [0, 0.05) is 17.7 Å². The number of ketones is 1. The number of halogens is 2. The number of nitriles is 1. The van der Waals surface area contributed by atoms with E-state index in [1.165, 1.54) is 22.3 Å². The van der Waals surface area contributed by atoms with Gasteiger partial charge in [0.2, 0.25) is 0 Å². The van der Waals surface area contributed by atoms with E-state index in [0.29, 0.717) is 30.5 Å². The van der Waals surface area contributed by atoms with Crippen LogP contribution in [-0.2, 0) is 4.79 Å². The van der Waals surface area contributed by atoms with E-state index in [-0.39, 0.29) is 22.9 Å². The lowest BCUT2D eigenvalue weighted by molar-refractivity contribution is -0.116. The van der Waals surface area contributed by atoms with Gasteiger partial charge in [0.05, 0.1) is 17.6 Å². The molecule has 4 nitrogen and oxygen atoms in total. The summed E-state index contributed by atoms with van der Waals surface area (Å²) in [5, 5.41) is 13.5. The van der Waals surface area contributed by atoms with Crippen molar-refractivity contribution < 1.29 is 13.6 Å². The maximum atomic E-state index is 14.5. The smallest absolute Gasteiger partial charge is 0.161 e. The average molecular weight is 383 g/mol. The standard InChI is InChI=1S/C20H15F2N3OS/c21-13-3-1-4-14(22)19(13)25-15-5-2-6-16(26)18(15)17(11-7-8-27-10-11)12(9-23)20(25)24/h1,3-4,7-8,10,17H,2,5-6,24H2/t17-/m1/s1. The highest BCUT2D eigenvalue weighted by molar-refractivity contribution is 7.08. The van der Waals surface area contributed by atoms with Gasteiger partial charge >= 0.3 is 0 Å². The van der Waals surface area contributed by atoms with Crippen LogP contribution in [0.5, 0.6) is 0 Å². The SMILES string of the molecule is N#CC1=C(N)N(c2c(F)cccc2F)C2=C(C(=O)CCC2)[C@@H]1c1ccsc1. The summed E-state index contributed by atoms with van der Waals surface area (Å²) in [6.45, 7) is 0. The van der Waals surface area contributed by atoms with Crippen molar-refractivity contribution >= 4 is 22.8 Å². The normalized spacial score (nSPS) is 20.0. The van der Waals surface area contributed by atoms with Gasteiger partial charge in [-0.05, 0) is 47.4 Å². The average Bonchev–Trinajstić information content (AvgIpc) is 3.17. The quantitative estimate of drug-likeness (QED) is 0.838. The Hall–Kier alpha value is -2.98. The monoisotopic (exact) mass is 383 g/mol. The van der Waals surface area contributed by atoms with E-state index in [2.05, 4.69) is 6.07 Å². The summed E-state index contributed by atoms with van der Waals surface area (Å²) < 4.78 is 29.0. The number of rotatable bonds is 2. The second-order valence-electron chi connectivity index (χ2n) is 6.44. The molecule has 2 heterocycles. The fourth-order valence-corrected chi connectivity index (χ4v) is 4.50. The van der Waals surface area contributed by atoms with Gasteiger partial charge in [-0.1, -0.05) is 6.07 Å². The highest BCUT2D eigenvalue weighted by Gasteiger charge is 2.41. The van der Waals surface area contributed by atoms with E-state index in [0.717, 1.165) is 17.7 Å². The predicted octanol–water partition coefficient (Wildman–Crippen LogP) is 4.33. The van der Waals surface area contributed by atoms with Crippen LogP contribution < -0.4 is 10.6 Å². The lowest BCUT2D eigenvalue weighted by Crippen LogP contribution is -2.39. The number of hydrogen-bond donors (Lipinski definition) is 1. The molecule has 0 bridgehead atoms. The largest absolute Gasteiger partial charge is 0.384 e. The van der Waals surface area contributed by atoms with Crippen molar-refractivity contribution in [2.45, 2.75) is 25.2 Å². The van der Waals surface area contributed by atoms with Gasteiger partial charge in [-0.15, -0.1) is 0 Å². The van der Waals surface area contributed by atoms with Crippen LogP contribution in [-0.4, -0.2) is 5.78 Å². The Balaban J connectivity index is 2.02. The minimum Gasteiger partial charge on any atom is -0.384 e. The third-order valence-electron chi connectivity index (χ3n) is 4.95. The number of carbonyl (C=O) groups is 1. The van der Waals surface area contributed by atoms with E-state index >= 15 is 0 Å². The van der Waals surface area contributed by atoms with Crippen molar-refractivity contribution in [2.75, 3.05) is 4.90 Å². The number of nitrogens with zero attached hydrogens (tertiary/aromatic N) is 2. The molecule has 0 amide bonds. The lowest BCUT2D eigenvalue weighted by Gasteiger charge is -2.39. The maximum absolute atomic E-state index is 14.5. The zero-order chi connectivity index (χ0) is 19.1. The molecule has 0 saturated heterocycles.